The second-order valence-corrected chi connectivity index (χ2v) is 5.34. The van der Waals surface area contributed by atoms with Gasteiger partial charge in [0.05, 0.1) is 19.7 Å². The van der Waals surface area contributed by atoms with Gasteiger partial charge in [0.2, 0.25) is 5.89 Å². The maximum atomic E-state index is 5.33. The van der Waals surface area contributed by atoms with E-state index in [2.05, 4.69) is 20.1 Å². The van der Waals surface area contributed by atoms with Gasteiger partial charge in [0.15, 0.2) is 5.82 Å². The normalized spacial score (nSPS) is 19.4. The molecule has 2 aromatic rings. The van der Waals surface area contributed by atoms with E-state index in [1.807, 2.05) is 23.1 Å². The molecule has 0 saturated carbocycles. The van der Waals surface area contributed by atoms with Crippen LogP contribution in [0.2, 0.25) is 0 Å². The van der Waals surface area contributed by atoms with Crippen LogP contribution >= 0.6 is 0 Å². The Morgan fingerprint density at radius 3 is 3.24 bits per heavy atom. The molecular weight excluding hydrogens is 270 g/mol. The topological polar surface area (TPSA) is 69.2 Å². The van der Waals surface area contributed by atoms with Gasteiger partial charge in [-0.2, -0.15) is 10.1 Å². The summed E-state index contributed by atoms with van der Waals surface area (Å²) < 4.78 is 12.3. The molecule has 0 bridgehead atoms. The summed E-state index contributed by atoms with van der Waals surface area (Å²) in [6.45, 7) is 3.32. The van der Waals surface area contributed by atoms with Crippen molar-refractivity contribution in [2.45, 2.75) is 38.4 Å². The minimum absolute atomic E-state index is 0.485. The van der Waals surface area contributed by atoms with Crippen molar-refractivity contribution in [2.75, 3.05) is 20.3 Å². The number of likely N-dealkylation sites (tertiary alicyclic amines) is 1. The van der Waals surface area contributed by atoms with Crippen LogP contribution < -0.4 is 0 Å². The number of hydrogen-bond donors (Lipinski definition) is 0. The monoisotopic (exact) mass is 291 g/mol. The van der Waals surface area contributed by atoms with E-state index in [1.165, 1.54) is 12.8 Å². The van der Waals surface area contributed by atoms with Crippen molar-refractivity contribution in [1.29, 1.82) is 0 Å². The first-order chi connectivity index (χ1) is 10.3. The maximum Gasteiger partial charge on any atom is 0.240 e. The molecule has 0 amide bonds. The first-order valence-electron chi connectivity index (χ1n) is 7.37. The van der Waals surface area contributed by atoms with Crippen LogP contribution in [0.25, 0.3) is 0 Å². The summed E-state index contributed by atoms with van der Waals surface area (Å²) in [5.41, 5.74) is 0. The number of methoxy groups -OCH3 is 1. The SMILES string of the molecule is COCCc1noc(CN2CCC[C@@H]2Cn2cccn2)n1. The highest BCUT2D eigenvalue weighted by Gasteiger charge is 2.26. The van der Waals surface area contributed by atoms with Crippen molar-refractivity contribution >= 4 is 0 Å². The lowest BCUT2D eigenvalue weighted by Gasteiger charge is -2.22. The predicted octanol–water partition coefficient (Wildman–Crippen LogP) is 1.12. The van der Waals surface area contributed by atoms with Crippen molar-refractivity contribution in [2.24, 2.45) is 0 Å². The molecule has 7 heteroatoms. The molecule has 0 spiro atoms. The number of nitrogens with zero attached hydrogens (tertiary/aromatic N) is 5. The molecule has 1 saturated heterocycles. The smallest absolute Gasteiger partial charge is 0.240 e. The lowest BCUT2D eigenvalue weighted by molar-refractivity contribution is 0.191. The van der Waals surface area contributed by atoms with Gasteiger partial charge >= 0.3 is 0 Å². The first-order valence-corrected chi connectivity index (χ1v) is 7.37. The Kier molecular flexibility index (Phi) is 4.62. The molecule has 0 aromatic carbocycles. The van der Waals surface area contributed by atoms with Crippen LogP contribution in [0.1, 0.15) is 24.6 Å². The quantitative estimate of drug-likeness (QED) is 0.761. The molecule has 2 aromatic heterocycles. The van der Waals surface area contributed by atoms with Crippen LogP contribution in [-0.2, 0) is 24.2 Å². The van der Waals surface area contributed by atoms with Gasteiger partial charge in [0.25, 0.3) is 0 Å². The van der Waals surface area contributed by atoms with E-state index in [4.69, 9.17) is 9.26 Å². The van der Waals surface area contributed by atoms with Gasteiger partial charge in [0.1, 0.15) is 0 Å². The van der Waals surface area contributed by atoms with E-state index >= 15 is 0 Å². The zero-order valence-electron chi connectivity index (χ0n) is 12.3. The van der Waals surface area contributed by atoms with Crippen molar-refractivity contribution in [1.82, 2.24) is 24.8 Å². The Morgan fingerprint density at radius 2 is 2.43 bits per heavy atom. The third kappa shape index (κ3) is 3.68. The fraction of sp³-hybridized carbons (Fsp3) is 0.643. The number of rotatable bonds is 7. The molecule has 0 N–H and O–H groups in total. The number of aromatic nitrogens is 4. The molecule has 0 aliphatic carbocycles. The molecule has 3 heterocycles. The van der Waals surface area contributed by atoms with Gasteiger partial charge in [-0.25, -0.2) is 0 Å². The lowest BCUT2D eigenvalue weighted by atomic mass is 10.2. The Bertz CT molecular complexity index is 539. The number of hydrogen-bond acceptors (Lipinski definition) is 6. The third-order valence-electron chi connectivity index (χ3n) is 3.83. The Labute approximate surface area is 123 Å². The predicted molar refractivity (Wildman–Crippen MR) is 75.5 cm³/mol. The van der Waals surface area contributed by atoms with Gasteiger partial charge in [-0.3, -0.25) is 9.58 Å². The average molecular weight is 291 g/mol. The maximum absolute atomic E-state index is 5.33. The van der Waals surface area contributed by atoms with Crippen LogP contribution in [0.3, 0.4) is 0 Å². The van der Waals surface area contributed by atoms with Gasteiger partial charge in [-0.05, 0) is 25.5 Å². The Hall–Kier alpha value is -1.73. The van der Waals surface area contributed by atoms with E-state index in [0.29, 0.717) is 31.5 Å². The summed E-state index contributed by atoms with van der Waals surface area (Å²) in [4.78, 5) is 6.82. The zero-order chi connectivity index (χ0) is 14.5. The molecule has 0 unspecified atom stereocenters. The highest BCUT2D eigenvalue weighted by atomic mass is 16.5. The zero-order valence-corrected chi connectivity index (χ0v) is 12.3. The molecule has 1 atom stereocenters. The van der Waals surface area contributed by atoms with Crippen LogP contribution in [0.15, 0.2) is 23.0 Å². The van der Waals surface area contributed by atoms with E-state index in [-0.39, 0.29) is 0 Å². The third-order valence-corrected chi connectivity index (χ3v) is 3.83. The molecule has 3 rings (SSSR count). The van der Waals surface area contributed by atoms with Crippen LogP contribution in [0.4, 0.5) is 0 Å². The fourth-order valence-electron chi connectivity index (χ4n) is 2.76. The summed E-state index contributed by atoms with van der Waals surface area (Å²) in [7, 11) is 1.67. The molecule has 1 aliphatic heterocycles. The van der Waals surface area contributed by atoms with E-state index in [1.54, 1.807) is 7.11 Å². The van der Waals surface area contributed by atoms with Crippen molar-refractivity contribution in [3.8, 4) is 0 Å². The van der Waals surface area contributed by atoms with Gasteiger partial charge in [-0.1, -0.05) is 5.16 Å². The van der Waals surface area contributed by atoms with Gasteiger partial charge in [0, 0.05) is 32.0 Å². The summed E-state index contributed by atoms with van der Waals surface area (Å²) in [5.74, 6) is 1.41. The standard InChI is InChI=1S/C14H21N5O2/c1-20-9-5-13-16-14(21-17-13)11-18-7-2-4-12(18)10-19-8-3-6-15-19/h3,6,8,12H,2,4-5,7,9-11H2,1H3/t12-/m1/s1. The Morgan fingerprint density at radius 1 is 1.48 bits per heavy atom. The van der Waals surface area contributed by atoms with Crippen LogP contribution in [-0.4, -0.2) is 51.1 Å². The van der Waals surface area contributed by atoms with E-state index < -0.39 is 0 Å². The van der Waals surface area contributed by atoms with E-state index in [9.17, 15) is 0 Å². The summed E-state index contributed by atoms with van der Waals surface area (Å²) in [6, 6.07) is 2.44. The first kappa shape index (κ1) is 14.2. The Balaban J connectivity index is 1.56. The minimum Gasteiger partial charge on any atom is -0.384 e. The van der Waals surface area contributed by atoms with Crippen LogP contribution in [0.5, 0.6) is 0 Å². The molecule has 7 nitrogen and oxygen atoms in total. The average Bonchev–Trinajstić information content (AvgIpc) is 3.21. The van der Waals surface area contributed by atoms with Crippen molar-refractivity contribution in [3.05, 3.63) is 30.2 Å². The van der Waals surface area contributed by atoms with Crippen molar-refractivity contribution < 1.29 is 9.26 Å². The molecule has 0 radical (unpaired) electrons. The van der Waals surface area contributed by atoms with E-state index in [0.717, 1.165) is 18.9 Å². The van der Waals surface area contributed by atoms with Crippen LogP contribution in [0, 0.1) is 0 Å². The molecular formula is C14H21N5O2. The number of ether oxygens (including phenoxy) is 1. The largest absolute Gasteiger partial charge is 0.384 e. The highest BCUT2D eigenvalue weighted by Crippen LogP contribution is 2.20. The fourth-order valence-corrected chi connectivity index (χ4v) is 2.76. The van der Waals surface area contributed by atoms with Gasteiger partial charge in [-0.15, -0.1) is 0 Å². The van der Waals surface area contributed by atoms with Crippen molar-refractivity contribution in [3.63, 3.8) is 0 Å². The lowest BCUT2D eigenvalue weighted by Crippen LogP contribution is -2.32. The second-order valence-electron chi connectivity index (χ2n) is 5.34. The minimum atomic E-state index is 0.485. The molecule has 1 aliphatic rings. The summed E-state index contributed by atoms with van der Waals surface area (Å²) >= 11 is 0. The van der Waals surface area contributed by atoms with Gasteiger partial charge < -0.3 is 9.26 Å². The molecule has 1 fully saturated rings. The molecule has 114 valence electrons. The second kappa shape index (κ2) is 6.82. The highest BCUT2D eigenvalue weighted by molar-refractivity contribution is 4.90. The summed E-state index contributed by atoms with van der Waals surface area (Å²) in [6.07, 6.45) is 6.91. The molecule has 21 heavy (non-hydrogen) atoms. The summed E-state index contributed by atoms with van der Waals surface area (Å²) in [5, 5.41) is 8.27.